The van der Waals surface area contributed by atoms with Crippen LogP contribution in [0.25, 0.3) is 0 Å². The van der Waals surface area contributed by atoms with Gasteiger partial charge >= 0.3 is 0 Å². The molecule has 0 aliphatic carbocycles. The van der Waals surface area contributed by atoms with Crippen LogP contribution in [-0.2, 0) is 16.4 Å². The standard InChI is InChI=1S/C13H17NO2S/c1-9-4-10(8-14-7-9)13(15)5-11-2-3-12(6-13)17(11)16/h4,7-8,11-12,15H,2-3,5-6H2,1H3. The summed E-state index contributed by atoms with van der Waals surface area (Å²) >= 11 is 0. The molecule has 0 aromatic carbocycles. The summed E-state index contributed by atoms with van der Waals surface area (Å²) in [6.45, 7) is 1.98. The summed E-state index contributed by atoms with van der Waals surface area (Å²) in [5.74, 6) is 0. The molecule has 17 heavy (non-hydrogen) atoms. The molecule has 92 valence electrons. The lowest BCUT2D eigenvalue weighted by atomic mass is 9.86. The Morgan fingerprint density at radius 2 is 2.00 bits per heavy atom. The number of aliphatic hydroxyl groups is 1. The number of hydrogen-bond donors (Lipinski definition) is 1. The van der Waals surface area contributed by atoms with Gasteiger partial charge in [-0.05, 0) is 38.2 Å². The monoisotopic (exact) mass is 251 g/mol. The summed E-state index contributed by atoms with van der Waals surface area (Å²) in [6, 6.07) is 2.00. The Morgan fingerprint density at radius 1 is 1.35 bits per heavy atom. The van der Waals surface area contributed by atoms with E-state index in [1.807, 2.05) is 13.0 Å². The first-order chi connectivity index (χ1) is 8.08. The highest BCUT2D eigenvalue weighted by Gasteiger charge is 2.48. The summed E-state index contributed by atoms with van der Waals surface area (Å²) in [4.78, 5) is 4.16. The van der Waals surface area contributed by atoms with Crippen molar-refractivity contribution in [1.29, 1.82) is 0 Å². The van der Waals surface area contributed by atoms with Crippen molar-refractivity contribution in [2.75, 3.05) is 0 Å². The summed E-state index contributed by atoms with van der Waals surface area (Å²) in [7, 11) is -0.725. The van der Waals surface area contributed by atoms with Gasteiger partial charge in [0.15, 0.2) is 0 Å². The molecular weight excluding hydrogens is 234 g/mol. The third kappa shape index (κ3) is 1.83. The van der Waals surface area contributed by atoms with Crippen molar-refractivity contribution in [3.63, 3.8) is 0 Å². The second-order valence-corrected chi connectivity index (χ2v) is 7.33. The van der Waals surface area contributed by atoms with Crippen LogP contribution in [0.15, 0.2) is 18.5 Å². The van der Waals surface area contributed by atoms with Crippen molar-refractivity contribution in [2.45, 2.75) is 48.7 Å². The molecule has 3 nitrogen and oxygen atoms in total. The van der Waals surface area contributed by atoms with Gasteiger partial charge in [0.1, 0.15) is 0 Å². The Balaban J connectivity index is 1.95. The third-order valence-electron chi connectivity index (χ3n) is 4.01. The maximum atomic E-state index is 12.0. The predicted octanol–water partition coefficient (Wildman–Crippen LogP) is 1.65. The fourth-order valence-electron chi connectivity index (χ4n) is 3.13. The molecule has 0 radical (unpaired) electrons. The minimum absolute atomic E-state index is 0.180. The molecule has 0 amide bonds. The number of fused-ring (bicyclic) bond motifs is 2. The van der Waals surface area contributed by atoms with E-state index in [4.69, 9.17) is 0 Å². The number of rotatable bonds is 1. The van der Waals surface area contributed by atoms with Crippen LogP contribution in [0.2, 0.25) is 0 Å². The highest BCUT2D eigenvalue weighted by atomic mass is 32.2. The van der Waals surface area contributed by atoms with E-state index in [9.17, 15) is 9.32 Å². The highest BCUT2D eigenvalue weighted by Crippen LogP contribution is 2.45. The average Bonchev–Trinajstić information content (AvgIpc) is 2.53. The molecule has 2 fully saturated rings. The maximum absolute atomic E-state index is 12.0. The zero-order valence-corrected chi connectivity index (χ0v) is 10.7. The number of hydrogen-bond acceptors (Lipinski definition) is 3. The zero-order valence-electron chi connectivity index (χ0n) is 9.93. The van der Waals surface area contributed by atoms with Gasteiger partial charge in [-0.3, -0.25) is 9.19 Å². The predicted molar refractivity (Wildman–Crippen MR) is 67.1 cm³/mol. The molecule has 3 heterocycles. The van der Waals surface area contributed by atoms with Gasteiger partial charge in [-0.25, -0.2) is 0 Å². The Hall–Kier alpha value is -0.740. The topological polar surface area (TPSA) is 50.2 Å². The molecular formula is C13H17NO2S. The van der Waals surface area contributed by atoms with Crippen LogP contribution in [0, 0.1) is 6.92 Å². The molecule has 3 rings (SSSR count). The molecule has 0 spiro atoms. The summed E-state index contributed by atoms with van der Waals surface area (Å²) in [5, 5.41) is 11.2. The van der Waals surface area contributed by atoms with E-state index in [1.165, 1.54) is 0 Å². The van der Waals surface area contributed by atoms with Crippen molar-refractivity contribution in [1.82, 2.24) is 4.98 Å². The van der Waals surface area contributed by atoms with Crippen LogP contribution < -0.4 is 0 Å². The van der Waals surface area contributed by atoms with E-state index < -0.39 is 16.4 Å². The van der Waals surface area contributed by atoms with Gasteiger partial charge in [0, 0.05) is 39.3 Å². The van der Waals surface area contributed by atoms with E-state index in [0.29, 0.717) is 12.8 Å². The molecule has 1 aromatic heterocycles. The van der Waals surface area contributed by atoms with Crippen LogP contribution in [-0.4, -0.2) is 24.8 Å². The molecule has 2 aliphatic rings. The smallest absolute Gasteiger partial charge is 0.0934 e. The Bertz CT molecular complexity index is 458. The quantitative estimate of drug-likeness (QED) is 0.825. The Morgan fingerprint density at radius 3 is 2.59 bits per heavy atom. The Labute approximate surface area is 104 Å². The van der Waals surface area contributed by atoms with Crippen LogP contribution in [0.4, 0.5) is 0 Å². The molecule has 0 saturated carbocycles. The number of pyridine rings is 1. The van der Waals surface area contributed by atoms with E-state index in [2.05, 4.69) is 4.98 Å². The molecule has 2 saturated heterocycles. The summed E-state index contributed by atoms with van der Waals surface area (Å²) < 4.78 is 12.0. The fourth-order valence-corrected chi connectivity index (χ4v) is 5.29. The molecule has 1 N–H and O–H groups in total. The van der Waals surface area contributed by atoms with Gasteiger partial charge in [-0.15, -0.1) is 0 Å². The van der Waals surface area contributed by atoms with E-state index in [-0.39, 0.29) is 10.5 Å². The fraction of sp³-hybridized carbons (Fsp3) is 0.615. The number of aryl methyl sites for hydroxylation is 1. The second-order valence-electron chi connectivity index (χ2n) is 5.34. The first-order valence-corrected chi connectivity index (χ1v) is 7.40. The first kappa shape index (κ1) is 11.4. The SMILES string of the molecule is Cc1cncc(C2(O)CC3CCC(C2)S3=O)c1. The average molecular weight is 251 g/mol. The lowest BCUT2D eigenvalue weighted by Crippen LogP contribution is -2.40. The largest absolute Gasteiger partial charge is 0.385 e. The molecule has 4 heteroatoms. The molecule has 2 atom stereocenters. The molecule has 2 aliphatic heterocycles. The lowest BCUT2D eigenvalue weighted by molar-refractivity contribution is 0.0181. The number of nitrogens with zero attached hydrogens (tertiary/aromatic N) is 1. The van der Waals surface area contributed by atoms with E-state index in [0.717, 1.165) is 24.0 Å². The molecule has 2 bridgehead atoms. The minimum Gasteiger partial charge on any atom is -0.385 e. The van der Waals surface area contributed by atoms with Crippen molar-refractivity contribution in [3.05, 3.63) is 29.6 Å². The van der Waals surface area contributed by atoms with Crippen LogP contribution in [0.3, 0.4) is 0 Å². The van der Waals surface area contributed by atoms with Crippen LogP contribution >= 0.6 is 0 Å². The lowest BCUT2D eigenvalue weighted by Gasteiger charge is -2.36. The first-order valence-electron chi connectivity index (χ1n) is 6.12. The summed E-state index contributed by atoms with van der Waals surface area (Å²) in [6.07, 6.45) is 6.79. The second kappa shape index (κ2) is 3.89. The molecule has 1 aromatic rings. The maximum Gasteiger partial charge on any atom is 0.0934 e. The van der Waals surface area contributed by atoms with Gasteiger partial charge in [-0.1, -0.05) is 6.07 Å². The van der Waals surface area contributed by atoms with Gasteiger partial charge in [0.2, 0.25) is 0 Å². The molecule has 2 unspecified atom stereocenters. The van der Waals surface area contributed by atoms with Crippen LogP contribution in [0.5, 0.6) is 0 Å². The van der Waals surface area contributed by atoms with Gasteiger partial charge in [0.25, 0.3) is 0 Å². The van der Waals surface area contributed by atoms with Gasteiger partial charge in [-0.2, -0.15) is 0 Å². The van der Waals surface area contributed by atoms with Gasteiger partial charge in [0.05, 0.1) is 5.60 Å². The van der Waals surface area contributed by atoms with Gasteiger partial charge < -0.3 is 5.11 Å². The van der Waals surface area contributed by atoms with Crippen molar-refractivity contribution >= 4 is 10.8 Å². The normalized spacial score (nSPS) is 40.5. The van der Waals surface area contributed by atoms with Crippen molar-refractivity contribution in [2.24, 2.45) is 0 Å². The van der Waals surface area contributed by atoms with Crippen molar-refractivity contribution in [3.8, 4) is 0 Å². The minimum atomic E-state index is -0.807. The van der Waals surface area contributed by atoms with Crippen molar-refractivity contribution < 1.29 is 9.32 Å². The third-order valence-corrected chi connectivity index (χ3v) is 6.13. The van der Waals surface area contributed by atoms with Crippen LogP contribution in [0.1, 0.15) is 36.8 Å². The number of aromatic nitrogens is 1. The van der Waals surface area contributed by atoms with E-state index in [1.54, 1.807) is 12.4 Å². The highest BCUT2D eigenvalue weighted by molar-refractivity contribution is 7.86. The zero-order chi connectivity index (χ0) is 12.0. The Kier molecular flexibility index (Phi) is 2.60. The summed E-state index contributed by atoms with van der Waals surface area (Å²) in [5.41, 5.74) is 1.15. The van der Waals surface area contributed by atoms with E-state index >= 15 is 0 Å².